The maximum Gasteiger partial charge on any atom is -0.00165 e. The van der Waals surface area contributed by atoms with E-state index in [0.29, 0.717) is 0 Å². The Kier molecular flexibility index (Phi) is 13.2. The van der Waals surface area contributed by atoms with Gasteiger partial charge in [0.05, 0.1) is 0 Å². The van der Waals surface area contributed by atoms with Crippen molar-refractivity contribution in [1.82, 2.24) is 4.90 Å². The first kappa shape index (κ1) is 14.5. The summed E-state index contributed by atoms with van der Waals surface area (Å²) in [5.74, 6) is 0.848. The SMILES string of the molecule is CC.CCN(CC)CCC(C)C. The Morgan fingerprint density at radius 1 is 1.00 bits per heavy atom. The molecule has 0 saturated heterocycles. The van der Waals surface area contributed by atoms with Gasteiger partial charge < -0.3 is 4.90 Å². The second-order valence-electron chi connectivity index (χ2n) is 3.21. The molecule has 0 spiro atoms. The van der Waals surface area contributed by atoms with Crippen molar-refractivity contribution in [3.63, 3.8) is 0 Å². The Hall–Kier alpha value is -0.0400. The third-order valence-corrected chi connectivity index (χ3v) is 1.92. The molecule has 0 aromatic carbocycles. The zero-order valence-corrected chi connectivity index (χ0v) is 9.85. The van der Waals surface area contributed by atoms with Crippen LogP contribution in [0.5, 0.6) is 0 Å². The summed E-state index contributed by atoms with van der Waals surface area (Å²) in [4.78, 5) is 2.47. The Balaban J connectivity index is 0. The first-order valence-corrected chi connectivity index (χ1v) is 5.43. The van der Waals surface area contributed by atoms with Gasteiger partial charge in [0, 0.05) is 0 Å². The molecule has 0 saturated carbocycles. The van der Waals surface area contributed by atoms with Gasteiger partial charge >= 0.3 is 0 Å². The molecule has 76 valence electrons. The molecule has 0 radical (unpaired) electrons. The molecule has 0 rings (SSSR count). The minimum Gasteiger partial charge on any atom is -0.304 e. The molecule has 0 unspecified atom stereocenters. The van der Waals surface area contributed by atoms with Crippen molar-refractivity contribution in [1.29, 1.82) is 0 Å². The van der Waals surface area contributed by atoms with Crippen molar-refractivity contribution in [3.8, 4) is 0 Å². The lowest BCUT2D eigenvalue weighted by molar-refractivity contribution is 0.284. The minimum absolute atomic E-state index is 0.848. The van der Waals surface area contributed by atoms with Crippen LogP contribution in [0.1, 0.15) is 48.0 Å². The fourth-order valence-corrected chi connectivity index (χ4v) is 0.981. The predicted molar refractivity (Wildman–Crippen MR) is 58.6 cm³/mol. The van der Waals surface area contributed by atoms with Crippen LogP contribution in [0.15, 0.2) is 0 Å². The number of hydrogen-bond acceptors (Lipinski definition) is 1. The summed E-state index contributed by atoms with van der Waals surface area (Å²) in [6.45, 7) is 16.7. The van der Waals surface area contributed by atoms with E-state index in [4.69, 9.17) is 0 Å². The van der Waals surface area contributed by atoms with Crippen LogP contribution in [0.2, 0.25) is 0 Å². The second kappa shape index (κ2) is 11.0. The number of nitrogens with zero attached hydrogens (tertiary/aromatic N) is 1. The second-order valence-corrected chi connectivity index (χ2v) is 3.21. The molecule has 1 heteroatoms. The predicted octanol–water partition coefficient (Wildman–Crippen LogP) is 3.40. The summed E-state index contributed by atoms with van der Waals surface area (Å²) >= 11 is 0. The lowest BCUT2D eigenvalue weighted by Crippen LogP contribution is -2.24. The van der Waals surface area contributed by atoms with Gasteiger partial charge in [-0.2, -0.15) is 0 Å². The molecule has 12 heavy (non-hydrogen) atoms. The van der Waals surface area contributed by atoms with Crippen molar-refractivity contribution in [3.05, 3.63) is 0 Å². The zero-order valence-electron chi connectivity index (χ0n) is 9.85. The quantitative estimate of drug-likeness (QED) is 0.616. The maximum absolute atomic E-state index is 2.47. The molecule has 0 N–H and O–H groups in total. The highest BCUT2D eigenvalue weighted by atomic mass is 15.1. The first-order valence-electron chi connectivity index (χ1n) is 5.43. The summed E-state index contributed by atoms with van der Waals surface area (Å²) in [5.41, 5.74) is 0. The minimum atomic E-state index is 0.848. The lowest BCUT2D eigenvalue weighted by atomic mass is 10.1. The van der Waals surface area contributed by atoms with Crippen molar-refractivity contribution < 1.29 is 0 Å². The van der Waals surface area contributed by atoms with Crippen LogP contribution in [0.4, 0.5) is 0 Å². The topological polar surface area (TPSA) is 3.24 Å². The van der Waals surface area contributed by atoms with Crippen molar-refractivity contribution >= 4 is 0 Å². The van der Waals surface area contributed by atoms with Gasteiger partial charge in [0.2, 0.25) is 0 Å². The van der Waals surface area contributed by atoms with Gasteiger partial charge in [0.15, 0.2) is 0 Å². The fourth-order valence-electron chi connectivity index (χ4n) is 0.981. The third kappa shape index (κ3) is 9.96. The summed E-state index contributed by atoms with van der Waals surface area (Å²) in [6, 6.07) is 0. The van der Waals surface area contributed by atoms with Gasteiger partial charge in [-0.15, -0.1) is 0 Å². The van der Waals surface area contributed by atoms with Crippen LogP contribution >= 0.6 is 0 Å². The monoisotopic (exact) mass is 173 g/mol. The normalized spacial score (nSPS) is 10.0. The molecule has 0 aromatic rings. The molecule has 0 fully saturated rings. The fraction of sp³-hybridized carbons (Fsp3) is 1.00. The summed E-state index contributed by atoms with van der Waals surface area (Å²) in [6.07, 6.45) is 1.34. The lowest BCUT2D eigenvalue weighted by Gasteiger charge is -2.18. The molecule has 0 bridgehead atoms. The van der Waals surface area contributed by atoms with E-state index in [1.165, 1.54) is 26.1 Å². The molecular formula is C11H27N. The van der Waals surface area contributed by atoms with Crippen LogP contribution < -0.4 is 0 Å². The van der Waals surface area contributed by atoms with Crippen molar-refractivity contribution in [2.75, 3.05) is 19.6 Å². The van der Waals surface area contributed by atoms with Gasteiger partial charge in [-0.1, -0.05) is 41.5 Å². The largest absolute Gasteiger partial charge is 0.304 e. The van der Waals surface area contributed by atoms with Gasteiger partial charge in [-0.25, -0.2) is 0 Å². The van der Waals surface area contributed by atoms with Crippen molar-refractivity contribution in [2.45, 2.75) is 48.0 Å². The van der Waals surface area contributed by atoms with E-state index in [-0.39, 0.29) is 0 Å². The van der Waals surface area contributed by atoms with Gasteiger partial charge in [-0.3, -0.25) is 0 Å². The maximum atomic E-state index is 2.47. The number of rotatable bonds is 5. The third-order valence-electron chi connectivity index (χ3n) is 1.92. The Bertz CT molecular complexity index is 65.4. The molecule has 1 nitrogen and oxygen atoms in total. The van der Waals surface area contributed by atoms with E-state index in [2.05, 4.69) is 32.6 Å². The molecule has 0 heterocycles. The van der Waals surface area contributed by atoms with Gasteiger partial charge in [0.25, 0.3) is 0 Å². The smallest absolute Gasteiger partial charge is 0.00165 e. The Morgan fingerprint density at radius 2 is 1.42 bits per heavy atom. The van der Waals surface area contributed by atoms with E-state index in [9.17, 15) is 0 Å². The highest BCUT2D eigenvalue weighted by Crippen LogP contribution is 2.00. The average molecular weight is 173 g/mol. The standard InChI is InChI=1S/C9H21N.C2H6/c1-5-10(6-2)8-7-9(3)4;1-2/h9H,5-8H2,1-4H3;1-2H3. The summed E-state index contributed by atoms with van der Waals surface area (Å²) in [7, 11) is 0. The molecule has 0 aliphatic carbocycles. The van der Waals surface area contributed by atoms with Crippen LogP contribution in [0.25, 0.3) is 0 Å². The zero-order chi connectivity index (χ0) is 9.98. The molecule has 0 aliphatic rings. The summed E-state index contributed by atoms with van der Waals surface area (Å²) in [5, 5.41) is 0. The van der Waals surface area contributed by atoms with Gasteiger partial charge in [-0.05, 0) is 32.0 Å². The van der Waals surface area contributed by atoms with Crippen LogP contribution in [-0.4, -0.2) is 24.5 Å². The molecular weight excluding hydrogens is 146 g/mol. The van der Waals surface area contributed by atoms with Crippen LogP contribution in [0.3, 0.4) is 0 Å². The average Bonchev–Trinajstić information content (AvgIpc) is 2.09. The first-order chi connectivity index (χ1) is 5.70. The van der Waals surface area contributed by atoms with Crippen molar-refractivity contribution in [2.24, 2.45) is 5.92 Å². The number of hydrogen-bond donors (Lipinski definition) is 0. The molecule has 0 amide bonds. The van der Waals surface area contributed by atoms with Gasteiger partial charge in [0.1, 0.15) is 0 Å². The Morgan fingerprint density at radius 3 is 1.67 bits per heavy atom. The molecule has 0 aliphatic heterocycles. The molecule has 0 aromatic heterocycles. The highest BCUT2D eigenvalue weighted by Gasteiger charge is 1.99. The van der Waals surface area contributed by atoms with E-state index >= 15 is 0 Å². The Labute approximate surface area is 79.2 Å². The van der Waals surface area contributed by atoms with E-state index < -0.39 is 0 Å². The van der Waals surface area contributed by atoms with E-state index in [1.54, 1.807) is 0 Å². The molecule has 0 atom stereocenters. The summed E-state index contributed by atoms with van der Waals surface area (Å²) < 4.78 is 0. The van der Waals surface area contributed by atoms with Crippen LogP contribution in [-0.2, 0) is 0 Å². The van der Waals surface area contributed by atoms with Crippen LogP contribution in [0, 0.1) is 5.92 Å². The van der Waals surface area contributed by atoms with E-state index in [0.717, 1.165) is 5.92 Å². The highest BCUT2D eigenvalue weighted by molar-refractivity contribution is 4.53. The van der Waals surface area contributed by atoms with E-state index in [1.807, 2.05) is 13.8 Å².